The molecule has 0 aliphatic rings. The lowest BCUT2D eigenvalue weighted by molar-refractivity contribution is -0.123. The van der Waals surface area contributed by atoms with Gasteiger partial charge in [0.25, 0.3) is 15.9 Å². The molecule has 0 fully saturated rings. The predicted octanol–water partition coefficient (Wildman–Crippen LogP) is 3.41. The topological polar surface area (TPSA) is 106 Å². The maximum absolute atomic E-state index is 12.6. The molecule has 34 heavy (non-hydrogen) atoms. The molecule has 0 bridgehead atoms. The molecule has 9 nitrogen and oxygen atoms in total. The van der Waals surface area contributed by atoms with Crippen molar-refractivity contribution in [3.63, 3.8) is 0 Å². The number of nitrogens with one attached hydrogen (secondary N) is 1. The molecule has 0 radical (unpaired) electrons. The second-order valence-corrected chi connectivity index (χ2v) is 10.6. The molecule has 2 aromatic heterocycles. The summed E-state index contributed by atoms with van der Waals surface area (Å²) in [6.07, 6.45) is 3.08. The van der Waals surface area contributed by atoms with E-state index < -0.39 is 10.0 Å². The van der Waals surface area contributed by atoms with Crippen molar-refractivity contribution in [3.05, 3.63) is 84.3 Å². The monoisotopic (exact) mass is 497 g/mol. The number of thiophene rings is 1. The Morgan fingerprint density at radius 3 is 2.50 bits per heavy atom. The van der Waals surface area contributed by atoms with Gasteiger partial charge in [-0.1, -0.05) is 18.2 Å². The van der Waals surface area contributed by atoms with Crippen LogP contribution < -0.4 is 14.4 Å². The van der Waals surface area contributed by atoms with Gasteiger partial charge in [0.1, 0.15) is 22.6 Å². The maximum Gasteiger partial charge on any atom is 0.273 e. The number of sulfonamides is 1. The second kappa shape index (κ2) is 10.1. The third-order valence-corrected chi connectivity index (χ3v) is 8.29. The summed E-state index contributed by atoms with van der Waals surface area (Å²) in [5.41, 5.74) is 2.31. The van der Waals surface area contributed by atoms with Gasteiger partial charge in [-0.15, -0.1) is 11.3 Å². The third-order valence-electron chi connectivity index (χ3n) is 5.13. The van der Waals surface area contributed by atoms with Crippen molar-refractivity contribution in [2.45, 2.75) is 17.2 Å². The second-order valence-electron chi connectivity index (χ2n) is 7.41. The van der Waals surface area contributed by atoms with Gasteiger partial charge in [0.2, 0.25) is 0 Å². The van der Waals surface area contributed by atoms with E-state index in [4.69, 9.17) is 4.74 Å². The van der Waals surface area contributed by atoms with Crippen molar-refractivity contribution in [3.8, 4) is 11.4 Å². The van der Waals surface area contributed by atoms with Crippen LogP contribution >= 0.6 is 11.3 Å². The van der Waals surface area contributed by atoms with Crippen LogP contribution in [0.1, 0.15) is 18.5 Å². The van der Waals surface area contributed by atoms with Crippen LogP contribution in [0, 0.1) is 0 Å². The average molecular weight is 498 g/mol. The fourth-order valence-corrected chi connectivity index (χ4v) is 5.57. The smallest absolute Gasteiger partial charge is 0.273 e. The molecule has 2 aromatic carbocycles. The van der Waals surface area contributed by atoms with Crippen LogP contribution in [0.5, 0.6) is 5.75 Å². The Bertz CT molecular complexity index is 1320. The summed E-state index contributed by atoms with van der Waals surface area (Å²) in [4.78, 5) is 16.3. The van der Waals surface area contributed by atoms with Crippen LogP contribution in [-0.2, 0) is 14.8 Å². The minimum Gasteiger partial charge on any atom is -0.484 e. The van der Waals surface area contributed by atoms with E-state index in [2.05, 4.69) is 15.4 Å². The molecule has 1 amide bonds. The van der Waals surface area contributed by atoms with Crippen molar-refractivity contribution in [1.82, 2.24) is 20.1 Å². The fourth-order valence-electron chi connectivity index (χ4n) is 3.21. The van der Waals surface area contributed by atoms with Gasteiger partial charge in [0.05, 0.1) is 17.4 Å². The Hall–Kier alpha value is -3.70. The van der Waals surface area contributed by atoms with Gasteiger partial charge in [0.15, 0.2) is 6.61 Å². The van der Waals surface area contributed by atoms with Crippen molar-refractivity contribution < 1.29 is 17.9 Å². The molecule has 0 spiro atoms. The summed E-state index contributed by atoms with van der Waals surface area (Å²) in [5, 5.41) is 8.71. The van der Waals surface area contributed by atoms with E-state index in [1.807, 2.05) is 31.2 Å². The van der Waals surface area contributed by atoms with Crippen LogP contribution in [0.4, 0.5) is 5.69 Å². The van der Waals surface area contributed by atoms with E-state index >= 15 is 0 Å². The van der Waals surface area contributed by atoms with E-state index in [9.17, 15) is 13.2 Å². The van der Waals surface area contributed by atoms with E-state index in [0.29, 0.717) is 11.4 Å². The molecule has 4 rings (SSSR count). The molecule has 176 valence electrons. The summed E-state index contributed by atoms with van der Waals surface area (Å²) in [5.74, 6) is 0.194. The first-order chi connectivity index (χ1) is 16.3. The van der Waals surface area contributed by atoms with Crippen LogP contribution in [0.15, 0.2) is 82.9 Å². The molecule has 11 heteroatoms. The molecule has 0 aliphatic carbocycles. The molecule has 0 saturated carbocycles. The van der Waals surface area contributed by atoms with Crippen LogP contribution in [-0.4, -0.2) is 42.7 Å². The molecule has 1 N–H and O–H groups in total. The predicted molar refractivity (Wildman–Crippen MR) is 130 cm³/mol. The highest BCUT2D eigenvalue weighted by Crippen LogP contribution is 2.26. The van der Waals surface area contributed by atoms with Crippen LogP contribution in [0.2, 0.25) is 0 Å². The highest BCUT2D eigenvalue weighted by atomic mass is 32.2. The fraction of sp³-hybridized carbons (Fsp3) is 0.174. The summed E-state index contributed by atoms with van der Waals surface area (Å²) >= 11 is 1.17. The first-order valence-corrected chi connectivity index (χ1v) is 12.7. The Labute approximate surface area is 201 Å². The highest BCUT2D eigenvalue weighted by Gasteiger charge is 2.22. The number of ether oxygens (including phenoxy) is 1. The van der Waals surface area contributed by atoms with Gasteiger partial charge in [-0.05, 0) is 60.3 Å². The zero-order chi connectivity index (χ0) is 24.1. The van der Waals surface area contributed by atoms with Gasteiger partial charge >= 0.3 is 0 Å². The molecule has 0 saturated heterocycles. The Morgan fingerprint density at radius 2 is 1.88 bits per heavy atom. The van der Waals surface area contributed by atoms with Gasteiger partial charge in [-0.3, -0.25) is 9.10 Å². The minimum absolute atomic E-state index is 0.163. The van der Waals surface area contributed by atoms with E-state index in [1.165, 1.54) is 29.0 Å². The summed E-state index contributed by atoms with van der Waals surface area (Å²) in [7, 11) is -2.11. The zero-order valence-electron chi connectivity index (χ0n) is 18.5. The lowest BCUT2D eigenvalue weighted by Crippen LogP contribution is -2.31. The van der Waals surface area contributed by atoms with Gasteiger partial charge in [0, 0.05) is 7.05 Å². The zero-order valence-corrected chi connectivity index (χ0v) is 20.2. The lowest BCUT2D eigenvalue weighted by atomic mass is 10.1. The number of rotatable bonds is 9. The maximum atomic E-state index is 12.6. The molecule has 1 atom stereocenters. The summed E-state index contributed by atoms with van der Waals surface area (Å²) < 4.78 is 34.0. The largest absolute Gasteiger partial charge is 0.484 e. The molecule has 4 aromatic rings. The molecule has 0 aliphatic heterocycles. The van der Waals surface area contributed by atoms with Gasteiger partial charge in [-0.25, -0.2) is 18.1 Å². The Morgan fingerprint density at radius 1 is 1.15 bits per heavy atom. The lowest BCUT2D eigenvalue weighted by Gasteiger charge is -2.19. The first kappa shape index (κ1) is 23.5. The van der Waals surface area contributed by atoms with Crippen molar-refractivity contribution in [1.29, 1.82) is 0 Å². The molecular weight excluding hydrogens is 474 g/mol. The van der Waals surface area contributed by atoms with E-state index in [0.717, 1.165) is 11.3 Å². The highest BCUT2D eigenvalue weighted by molar-refractivity contribution is 7.94. The van der Waals surface area contributed by atoms with Gasteiger partial charge in [-0.2, -0.15) is 5.10 Å². The number of hydrogen-bond acceptors (Lipinski definition) is 7. The first-order valence-electron chi connectivity index (χ1n) is 10.3. The van der Waals surface area contributed by atoms with Crippen LogP contribution in [0.25, 0.3) is 5.69 Å². The Balaban J connectivity index is 1.30. The molecular formula is C23H23N5O4S2. The van der Waals surface area contributed by atoms with Crippen LogP contribution in [0.3, 0.4) is 0 Å². The minimum atomic E-state index is -3.60. The molecule has 2 heterocycles. The number of amides is 1. The standard InChI is InChI=1S/C23H23N5O4S2/c1-17(18-5-7-20(8-6-18)28-16-24-15-25-28)26-22(29)14-32-21-11-9-19(10-12-21)27(2)34(30,31)23-4-3-13-33-23/h3-13,15-17H,14H2,1-2H3,(H,26,29)/t17-/m1/s1. The SMILES string of the molecule is C[C@@H](NC(=O)COc1ccc(N(C)S(=O)(=O)c2cccs2)cc1)c1ccc(-n2cncn2)cc1. The number of nitrogens with zero attached hydrogens (tertiary/aromatic N) is 4. The van der Waals surface area contributed by atoms with Crippen molar-refractivity contribution in [2.75, 3.05) is 18.0 Å². The van der Waals surface area contributed by atoms with E-state index in [-0.39, 0.29) is 22.8 Å². The number of aromatic nitrogens is 3. The number of carbonyl (C=O) groups excluding carboxylic acids is 1. The van der Waals surface area contributed by atoms with Gasteiger partial charge < -0.3 is 10.1 Å². The number of carbonyl (C=O) groups is 1. The number of anilines is 1. The molecule has 0 unspecified atom stereocenters. The number of benzene rings is 2. The quantitative estimate of drug-likeness (QED) is 0.380. The van der Waals surface area contributed by atoms with E-state index in [1.54, 1.807) is 52.8 Å². The third kappa shape index (κ3) is 5.26. The van der Waals surface area contributed by atoms with Crippen molar-refractivity contribution in [2.24, 2.45) is 0 Å². The normalized spacial score (nSPS) is 12.2. The Kier molecular flexibility index (Phi) is 6.94. The number of hydrogen-bond donors (Lipinski definition) is 1. The average Bonchev–Trinajstić information content (AvgIpc) is 3.58. The summed E-state index contributed by atoms with van der Waals surface area (Å²) in [6.45, 7) is 1.73. The van der Waals surface area contributed by atoms with Crippen molar-refractivity contribution >= 4 is 33.0 Å². The summed E-state index contributed by atoms with van der Waals surface area (Å²) in [6, 6.07) is 17.2.